The van der Waals surface area contributed by atoms with Gasteiger partial charge in [0.2, 0.25) is 0 Å². The van der Waals surface area contributed by atoms with Crippen LogP contribution in [0, 0.1) is 5.82 Å². The van der Waals surface area contributed by atoms with Crippen molar-refractivity contribution >= 4 is 29.3 Å². The number of esters is 1. The van der Waals surface area contributed by atoms with Crippen LogP contribution in [0.4, 0.5) is 15.9 Å². The predicted octanol–water partition coefficient (Wildman–Crippen LogP) is 2.74. The molecule has 1 saturated heterocycles. The molecule has 1 fully saturated rings. The predicted molar refractivity (Wildman–Crippen MR) is 130 cm³/mol. The number of benzene rings is 2. The minimum absolute atomic E-state index is 0.0261. The van der Waals surface area contributed by atoms with Gasteiger partial charge in [-0.1, -0.05) is 30.3 Å². The Morgan fingerprint density at radius 1 is 0.889 bits per heavy atom. The molecule has 0 spiro atoms. The molecule has 4 rings (SSSR count). The van der Waals surface area contributed by atoms with Gasteiger partial charge in [0.15, 0.2) is 13.2 Å². The number of rotatable bonds is 8. The van der Waals surface area contributed by atoms with Crippen LogP contribution < -0.4 is 15.0 Å². The molecule has 186 valence electrons. The van der Waals surface area contributed by atoms with E-state index in [-0.39, 0.29) is 22.9 Å². The molecule has 36 heavy (non-hydrogen) atoms. The number of anilines is 2. The van der Waals surface area contributed by atoms with Gasteiger partial charge >= 0.3 is 5.97 Å². The van der Waals surface area contributed by atoms with Crippen LogP contribution in [0.3, 0.4) is 0 Å². The van der Waals surface area contributed by atoms with Crippen molar-refractivity contribution in [3.63, 3.8) is 0 Å². The van der Waals surface area contributed by atoms with Gasteiger partial charge in [-0.15, -0.1) is 0 Å². The van der Waals surface area contributed by atoms with Gasteiger partial charge in [-0.3, -0.25) is 9.59 Å². The minimum Gasteiger partial charge on any atom is -0.483 e. The number of aromatic nitrogens is 1. The van der Waals surface area contributed by atoms with E-state index in [1.54, 1.807) is 29.3 Å². The zero-order valence-electron chi connectivity index (χ0n) is 19.4. The lowest BCUT2D eigenvalue weighted by molar-refractivity contribution is -0.134. The van der Waals surface area contributed by atoms with Crippen LogP contribution in [0.1, 0.15) is 10.4 Å². The van der Waals surface area contributed by atoms with Crippen LogP contribution in [0.25, 0.3) is 0 Å². The monoisotopic (exact) mass is 492 g/mol. The standard InChI is InChI=1S/C26H25FN4O5/c27-20-8-2-3-9-21(20)29-24(32)17-35-22-10-4-1-7-19(22)26(34)36-18-25(33)31-15-13-30(14-16-31)23-11-5-6-12-28-23/h1-12H,13-18H2,(H,29,32). The highest BCUT2D eigenvalue weighted by atomic mass is 19.1. The number of hydrogen-bond donors (Lipinski definition) is 1. The first-order valence-electron chi connectivity index (χ1n) is 11.4. The molecule has 0 unspecified atom stereocenters. The highest BCUT2D eigenvalue weighted by Gasteiger charge is 2.23. The number of halogens is 1. The van der Waals surface area contributed by atoms with Gasteiger partial charge in [0.1, 0.15) is 22.9 Å². The Bertz CT molecular complexity index is 1220. The van der Waals surface area contributed by atoms with Gasteiger partial charge in [-0.25, -0.2) is 14.2 Å². The van der Waals surface area contributed by atoms with Gasteiger partial charge < -0.3 is 24.6 Å². The fourth-order valence-electron chi connectivity index (χ4n) is 3.68. The molecular weight excluding hydrogens is 467 g/mol. The average molecular weight is 493 g/mol. The molecule has 0 aliphatic carbocycles. The van der Waals surface area contributed by atoms with Crippen LogP contribution in [0.15, 0.2) is 72.9 Å². The summed E-state index contributed by atoms with van der Waals surface area (Å²) in [6.45, 7) is 1.38. The number of ether oxygens (including phenoxy) is 2. The number of pyridine rings is 1. The molecule has 2 aromatic carbocycles. The van der Waals surface area contributed by atoms with Crippen LogP contribution in [-0.2, 0) is 14.3 Å². The van der Waals surface area contributed by atoms with Gasteiger partial charge in [-0.2, -0.15) is 0 Å². The summed E-state index contributed by atoms with van der Waals surface area (Å²) in [7, 11) is 0. The maximum Gasteiger partial charge on any atom is 0.342 e. The highest BCUT2D eigenvalue weighted by Crippen LogP contribution is 2.20. The smallest absolute Gasteiger partial charge is 0.342 e. The third-order valence-corrected chi connectivity index (χ3v) is 5.55. The fraction of sp³-hybridized carbons (Fsp3) is 0.231. The van der Waals surface area contributed by atoms with Gasteiger partial charge in [0.05, 0.1) is 5.69 Å². The van der Waals surface area contributed by atoms with Crippen molar-refractivity contribution in [1.82, 2.24) is 9.88 Å². The second-order valence-electron chi connectivity index (χ2n) is 7.94. The summed E-state index contributed by atoms with van der Waals surface area (Å²) < 4.78 is 24.4. The summed E-state index contributed by atoms with van der Waals surface area (Å²) >= 11 is 0. The molecule has 1 N–H and O–H groups in total. The van der Waals surface area contributed by atoms with Crippen molar-refractivity contribution < 1.29 is 28.2 Å². The van der Waals surface area contributed by atoms with E-state index in [2.05, 4.69) is 15.2 Å². The average Bonchev–Trinajstić information content (AvgIpc) is 2.92. The molecule has 1 aliphatic heterocycles. The van der Waals surface area contributed by atoms with E-state index in [1.165, 1.54) is 30.3 Å². The van der Waals surface area contributed by atoms with Gasteiger partial charge in [0.25, 0.3) is 11.8 Å². The number of para-hydroxylation sites is 2. The van der Waals surface area contributed by atoms with Crippen molar-refractivity contribution in [3.05, 3.63) is 84.3 Å². The van der Waals surface area contributed by atoms with E-state index < -0.39 is 30.9 Å². The first-order chi connectivity index (χ1) is 17.5. The lowest BCUT2D eigenvalue weighted by atomic mass is 10.2. The van der Waals surface area contributed by atoms with Crippen LogP contribution in [0.5, 0.6) is 5.75 Å². The van der Waals surface area contributed by atoms with Crippen molar-refractivity contribution in [2.75, 3.05) is 49.6 Å². The minimum atomic E-state index is -0.749. The second-order valence-corrected chi connectivity index (χ2v) is 7.94. The lowest BCUT2D eigenvalue weighted by Gasteiger charge is -2.35. The summed E-state index contributed by atoms with van der Waals surface area (Å²) in [6.07, 6.45) is 1.73. The number of amides is 2. The third-order valence-electron chi connectivity index (χ3n) is 5.55. The maximum atomic E-state index is 13.7. The number of nitrogens with zero attached hydrogens (tertiary/aromatic N) is 3. The number of piperazine rings is 1. The molecule has 1 aromatic heterocycles. The summed E-state index contributed by atoms with van der Waals surface area (Å²) in [5.74, 6) is -1.24. The molecular formula is C26H25FN4O5. The Morgan fingerprint density at radius 3 is 2.36 bits per heavy atom. The highest BCUT2D eigenvalue weighted by molar-refractivity contribution is 5.95. The molecule has 0 bridgehead atoms. The van der Waals surface area contributed by atoms with Crippen LogP contribution in [0.2, 0.25) is 0 Å². The Balaban J connectivity index is 1.26. The van der Waals surface area contributed by atoms with Gasteiger partial charge in [-0.05, 0) is 36.4 Å². The normalized spacial score (nSPS) is 13.1. The topological polar surface area (TPSA) is 101 Å². The first-order valence-corrected chi connectivity index (χ1v) is 11.4. The molecule has 0 atom stereocenters. The van der Waals surface area contributed by atoms with E-state index in [0.717, 1.165) is 5.82 Å². The molecule has 1 aliphatic rings. The molecule has 2 amide bonds. The van der Waals surface area contributed by atoms with Crippen molar-refractivity contribution in [1.29, 1.82) is 0 Å². The van der Waals surface area contributed by atoms with Crippen molar-refractivity contribution in [3.8, 4) is 5.75 Å². The molecule has 0 saturated carbocycles. The number of carbonyl (C=O) groups is 3. The van der Waals surface area contributed by atoms with Crippen molar-refractivity contribution in [2.24, 2.45) is 0 Å². The van der Waals surface area contributed by atoms with E-state index in [4.69, 9.17) is 9.47 Å². The zero-order chi connectivity index (χ0) is 25.3. The van der Waals surface area contributed by atoms with Crippen LogP contribution >= 0.6 is 0 Å². The van der Waals surface area contributed by atoms with Crippen LogP contribution in [-0.4, -0.2) is 67.1 Å². The third kappa shape index (κ3) is 6.35. The quantitative estimate of drug-likeness (QED) is 0.483. The fourth-order valence-corrected chi connectivity index (χ4v) is 3.68. The lowest BCUT2D eigenvalue weighted by Crippen LogP contribution is -2.50. The largest absolute Gasteiger partial charge is 0.483 e. The molecule has 2 heterocycles. The number of hydrogen-bond acceptors (Lipinski definition) is 7. The summed E-state index contributed by atoms with van der Waals surface area (Å²) in [5.41, 5.74) is 0.0992. The Morgan fingerprint density at radius 2 is 1.61 bits per heavy atom. The van der Waals surface area contributed by atoms with E-state index in [1.807, 2.05) is 18.2 Å². The summed E-state index contributed by atoms with van der Waals surface area (Å²) in [4.78, 5) is 45.4. The van der Waals surface area contributed by atoms with Crippen molar-refractivity contribution in [2.45, 2.75) is 0 Å². The zero-order valence-corrected chi connectivity index (χ0v) is 19.4. The SMILES string of the molecule is O=C(COc1ccccc1C(=O)OCC(=O)N1CCN(c2ccccn2)CC1)Nc1ccccc1F. The summed E-state index contributed by atoms with van der Waals surface area (Å²) in [6, 6.07) is 17.7. The van der Waals surface area contributed by atoms with E-state index in [9.17, 15) is 18.8 Å². The second kappa shape index (κ2) is 11.8. The Kier molecular flexibility index (Phi) is 8.07. The number of nitrogens with one attached hydrogen (secondary N) is 1. The summed E-state index contributed by atoms with van der Waals surface area (Å²) in [5, 5.41) is 2.41. The van der Waals surface area contributed by atoms with E-state index >= 15 is 0 Å². The van der Waals surface area contributed by atoms with E-state index in [0.29, 0.717) is 26.2 Å². The Hall–Kier alpha value is -4.47. The molecule has 9 nitrogen and oxygen atoms in total. The molecule has 3 aromatic rings. The molecule has 10 heteroatoms. The first kappa shape index (κ1) is 24.6. The molecule has 0 radical (unpaired) electrons. The number of carbonyl (C=O) groups excluding carboxylic acids is 3. The maximum absolute atomic E-state index is 13.7. The Labute approximate surface area is 207 Å². The van der Waals surface area contributed by atoms with Gasteiger partial charge in [0, 0.05) is 32.4 Å².